The second-order valence-electron chi connectivity index (χ2n) is 4.90. The van der Waals surface area contributed by atoms with Crippen molar-refractivity contribution in [3.63, 3.8) is 0 Å². The molecule has 2 N–H and O–H groups in total. The minimum Gasteiger partial charge on any atom is -0.347 e. The molecule has 2 aromatic rings. The van der Waals surface area contributed by atoms with Gasteiger partial charge in [-0.15, -0.1) is 11.3 Å². The predicted octanol–water partition coefficient (Wildman–Crippen LogP) is 2.66. The van der Waals surface area contributed by atoms with Gasteiger partial charge in [-0.05, 0) is 36.9 Å². The summed E-state index contributed by atoms with van der Waals surface area (Å²) in [5, 5.41) is 7.35. The molecule has 2 rings (SSSR count). The first-order valence-corrected chi connectivity index (χ1v) is 7.59. The number of benzene rings is 1. The van der Waals surface area contributed by atoms with Crippen molar-refractivity contribution in [2.24, 2.45) is 0 Å². The minimum atomic E-state index is -0.221. The fourth-order valence-electron chi connectivity index (χ4n) is 1.96. The normalized spacial score (nSPS) is 10.2. The highest BCUT2D eigenvalue weighted by molar-refractivity contribution is 7.10. The molecule has 0 fully saturated rings. The first-order valence-electron chi connectivity index (χ1n) is 6.71. The Morgan fingerprint density at radius 1 is 1.14 bits per heavy atom. The van der Waals surface area contributed by atoms with Gasteiger partial charge in [-0.2, -0.15) is 0 Å². The first kappa shape index (κ1) is 15.3. The number of nitrogens with one attached hydrogen (secondary N) is 2. The van der Waals surface area contributed by atoms with Gasteiger partial charge in [0, 0.05) is 10.6 Å². The van der Waals surface area contributed by atoms with E-state index < -0.39 is 0 Å². The molecule has 0 radical (unpaired) electrons. The maximum absolute atomic E-state index is 11.8. The molecule has 110 valence electrons. The molecule has 21 heavy (non-hydrogen) atoms. The van der Waals surface area contributed by atoms with Crippen LogP contribution in [0.25, 0.3) is 0 Å². The lowest BCUT2D eigenvalue weighted by Crippen LogP contribution is -2.33. The summed E-state index contributed by atoms with van der Waals surface area (Å²) in [5.41, 5.74) is 2.93. The van der Waals surface area contributed by atoms with E-state index >= 15 is 0 Å². The topological polar surface area (TPSA) is 58.2 Å². The third-order valence-electron chi connectivity index (χ3n) is 3.02. The van der Waals surface area contributed by atoms with E-state index in [0.717, 1.165) is 21.7 Å². The van der Waals surface area contributed by atoms with Gasteiger partial charge in [0.05, 0.1) is 13.0 Å². The molecule has 0 saturated carbocycles. The number of carbonyl (C=O) groups is 2. The molecule has 1 aromatic heterocycles. The number of thiophene rings is 1. The van der Waals surface area contributed by atoms with E-state index in [1.807, 2.05) is 49.6 Å². The quantitative estimate of drug-likeness (QED) is 0.892. The van der Waals surface area contributed by atoms with Crippen molar-refractivity contribution in [3.05, 3.63) is 51.7 Å². The van der Waals surface area contributed by atoms with E-state index in [1.54, 1.807) is 0 Å². The summed E-state index contributed by atoms with van der Waals surface area (Å²) in [7, 11) is 0. The van der Waals surface area contributed by atoms with Crippen molar-refractivity contribution in [1.82, 2.24) is 5.32 Å². The molecule has 5 heteroatoms. The van der Waals surface area contributed by atoms with E-state index in [1.165, 1.54) is 11.3 Å². The number of hydrogen-bond donors (Lipinski definition) is 2. The molecule has 0 unspecified atom stereocenters. The van der Waals surface area contributed by atoms with E-state index in [4.69, 9.17) is 0 Å². The Hall–Kier alpha value is -2.14. The van der Waals surface area contributed by atoms with Gasteiger partial charge in [0.1, 0.15) is 0 Å². The van der Waals surface area contributed by atoms with Crippen LogP contribution in [0.15, 0.2) is 35.7 Å². The van der Waals surface area contributed by atoms with Gasteiger partial charge in [-0.25, -0.2) is 0 Å². The molecule has 1 heterocycles. The Labute approximate surface area is 128 Å². The van der Waals surface area contributed by atoms with Crippen molar-refractivity contribution in [2.45, 2.75) is 20.3 Å². The van der Waals surface area contributed by atoms with Gasteiger partial charge in [0.2, 0.25) is 11.8 Å². The molecule has 1 aromatic carbocycles. The number of rotatable bonds is 5. The highest BCUT2D eigenvalue weighted by Crippen LogP contribution is 2.15. The maximum atomic E-state index is 11.8. The predicted molar refractivity (Wildman–Crippen MR) is 85.6 cm³/mol. The lowest BCUT2D eigenvalue weighted by Gasteiger charge is -2.09. The van der Waals surface area contributed by atoms with Gasteiger partial charge in [-0.1, -0.05) is 23.8 Å². The van der Waals surface area contributed by atoms with Gasteiger partial charge < -0.3 is 10.6 Å². The molecular weight excluding hydrogens is 284 g/mol. The highest BCUT2D eigenvalue weighted by atomic mass is 32.1. The van der Waals surface area contributed by atoms with Crippen LogP contribution in [-0.4, -0.2) is 18.4 Å². The third kappa shape index (κ3) is 4.72. The number of amides is 2. The van der Waals surface area contributed by atoms with Crippen LogP contribution in [-0.2, 0) is 16.0 Å². The summed E-state index contributed by atoms with van der Waals surface area (Å²) < 4.78 is 0. The van der Waals surface area contributed by atoms with E-state index in [-0.39, 0.29) is 18.4 Å². The summed E-state index contributed by atoms with van der Waals surface area (Å²) in [5.74, 6) is -0.366. The van der Waals surface area contributed by atoms with Crippen LogP contribution < -0.4 is 10.6 Å². The largest absolute Gasteiger partial charge is 0.347 e. The standard InChI is InChI=1S/C16H18N2O2S/c1-11-5-6-14(12(2)8-11)18-16(20)10-17-15(19)9-13-4-3-7-21-13/h3-8H,9-10H2,1-2H3,(H,17,19)(H,18,20). The van der Waals surface area contributed by atoms with Crippen molar-refractivity contribution < 1.29 is 9.59 Å². The molecule has 0 bridgehead atoms. The fraction of sp³-hybridized carbons (Fsp3) is 0.250. The monoisotopic (exact) mass is 302 g/mol. The average molecular weight is 302 g/mol. The summed E-state index contributed by atoms with van der Waals surface area (Å²) in [6.45, 7) is 3.93. The van der Waals surface area contributed by atoms with Gasteiger partial charge >= 0.3 is 0 Å². The smallest absolute Gasteiger partial charge is 0.243 e. The molecule has 0 saturated heterocycles. The number of hydrogen-bond acceptors (Lipinski definition) is 3. The Morgan fingerprint density at radius 3 is 2.62 bits per heavy atom. The lowest BCUT2D eigenvalue weighted by atomic mass is 10.1. The zero-order valence-electron chi connectivity index (χ0n) is 12.1. The van der Waals surface area contributed by atoms with Crippen LogP contribution in [0.2, 0.25) is 0 Å². The molecule has 0 atom stereocenters. The number of anilines is 1. The second-order valence-corrected chi connectivity index (χ2v) is 5.93. The first-order chi connectivity index (χ1) is 10.0. The van der Waals surface area contributed by atoms with Crippen LogP contribution in [0.5, 0.6) is 0 Å². The van der Waals surface area contributed by atoms with Crippen LogP contribution in [0.3, 0.4) is 0 Å². The average Bonchev–Trinajstić information content (AvgIpc) is 2.92. The van der Waals surface area contributed by atoms with Crippen molar-refractivity contribution in [3.8, 4) is 0 Å². The number of aryl methyl sites for hydroxylation is 2. The fourth-order valence-corrected chi connectivity index (χ4v) is 2.66. The van der Waals surface area contributed by atoms with Crippen molar-refractivity contribution in [2.75, 3.05) is 11.9 Å². The second kappa shape index (κ2) is 7.04. The van der Waals surface area contributed by atoms with Gasteiger partial charge in [0.15, 0.2) is 0 Å². The molecule has 4 nitrogen and oxygen atoms in total. The minimum absolute atomic E-state index is 0.0163. The van der Waals surface area contributed by atoms with Crippen molar-refractivity contribution >= 4 is 28.8 Å². The highest BCUT2D eigenvalue weighted by Gasteiger charge is 2.08. The Kier molecular flexibility index (Phi) is 5.11. The molecule has 0 aliphatic rings. The number of carbonyl (C=O) groups excluding carboxylic acids is 2. The van der Waals surface area contributed by atoms with Crippen LogP contribution in [0, 0.1) is 13.8 Å². The molecular formula is C16H18N2O2S. The van der Waals surface area contributed by atoms with Crippen molar-refractivity contribution in [1.29, 1.82) is 0 Å². The summed E-state index contributed by atoms with van der Waals surface area (Å²) in [6, 6.07) is 9.62. The molecule has 2 amide bonds. The SMILES string of the molecule is Cc1ccc(NC(=O)CNC(=O)Cc2cccs2)c(C)c1. The third-order valence-corrected chi connectivity index (χ3v) is 3.89. The van der Waals surface area contributed by atoms with Gasteiger partial charge in [0.25, 0.3) is 0 Å². The zero-order chi connectivity index (χ0) is 15.2. The Balaban J connectivity index is 1.80. The summed E-state index contributed by atoms with van der Waals surface area (Å²) in [6.07, 6.45) is 0.314. The summed E-state index contributed by atoms with van der Waals surface area (Å²) >= 11 is 1.53. The molecule has 0 aliphatic heterocycles. The zero-order valence-corrected chi connectivity index (χ0v) is 12.9. The van der Waals surface area contributed by atoms with Crippen LogP contribution in [0.1, 0.15) is 16.0 Å². The van der Waals surface area contributed by atoms with Crippen LogP contribution in [0.4, 0.5) is 5.69 Å². The molecule has 0 spiro atoms. The molecule has 0 aliphatic carbocycles. The van der Waals surface area contributed by atoms with E-state index in [0.29, 0.717) is 6.42 Å². The van der Waals surface area contributed by atoms with Crippen LogP contribution >= 0.6 is 11.3 Å². The summed E-state index contributed by atoms with van der Waals surface area (Å²) in [4.78, 5) is 24.5. The lowest BCUT2D eigenvalue weighted by molar-refractivity contribution is -0.123. The Morgan fingerprint density at radius 2 is 1.95 bits per heavy atom. The Bertz CT molecular complexity index is 636. The maximum Gasteiger partial charge on any atom is 0.243 e. The van der Waals surface area contributed by atoms with Gasteiger partial charge in [-0.3, -0.25) is 9.59 Å². The van der Waals surface area contributed by atoms with E-state index in [2.05, 4.69) is 10.6 Å². The van der Waals surface area contributed by atoms with E-state index in [9.17, 15) is 9.59 Å².